The molecule has 0 spiro atoms. The van der Waals surface area contributed by atoms with Crippen molar-refractivity contribution < 1.29 is 4.74 Å². The van der Waals surface area contributed by atoms with Crippen molar-refractivity contribution >= 4 is 5.69 Å². The van der Waals surface area contributed by atoms with Crippen LogP contribution in [-0.4, -0.2) is 13.2 Å². The fraction of sp³-hybridized carbons (Fsp3) is 0.455. The maximum atomic E-state index is 5.70. The minimum absolute atomic E-state index is 0.696. The van der Waals surface area contributed by atoms with E-state index in [4.69, 9.17) is 10.5 Å². The Kier molecular flexibility index (Phi) is 2.50. The molecule has 1 aliphatic heterocycles. The molecule has 1 atom stereocenters. The predicted octanol–water partition coefficient (Wildman–Crippen LogP) is 1.85. The number of hydrogen-bond acceptors (Lipinski definition) is 2. The van der Waals surface area contributed by atoms with E-state index < -0.39 is 0 Å². The maximum Gasteiger partial charge on any atom is 0.0498 e. The second kappa shape index (κ2) is 3.79. The van der Waals surface area contributed by atoms with E-state index in [1.807, 2.05) is 12.1 Å². The number of ether oxygens (including phenoxy) is 1. The van der Waals surface area contributed by atoms with Crippen LogP contribution in [0.2, 0.25) is 0 Å². The number of anilines is 1. The smallest absolute Gasteiger partial charge is 0.0498 e. The number of nitrogens with two attached hydrogens (primary N) is 1. The zero-order valence-electron chi connectivity index (χ0n) is 7.70. The van der Waals surface area contributed by atoms with Gasteiger partial charge in [-0.3, -0.25) is 0 Å². The van der Waals surface area contributed by atoms with Gasteiger partial charge in [-0.05, 0) is 36.5 Å². The zero-order chi connectivity index (χ0) is 9.10. The first-order valence-electron chi connectivity index (χ1n) is 4.77. The van der Waals surface area contributed by atoms with Crippen LogP contribution < -0.4 is 5.73 Å². The van der Waals surface area contributed by atoms with Gasteiger partial charge in [0, 0.05) is 18.9 Å². The summed E-state index contributed by atoms with van der Waals surface area (Å²) in [6.07, 6.45) is 2.29. The molecule has 0 aliphatic carbocycles. The van der Waals surface area contributed by atoms with Gasteiger partial charge in [0.05, 0.1) is 0 Å². The Morgan fingerprint density at radius 1 is 1.46 bits per heavy atom. The second-order valence-corrected chi connectivity index (χ2v) is 3.68. The Balaban J connectivity index is 2.00. The monoisotopic (exact) mass is 177 g/mol. The SMILES string of the molecule is Nc1cccc(CC2CCOC2)c1. The number of benzene rings is 1. The summed E-state index contributed by atoms with van der Waals surface area (Å²) in [7, 11) is 0. The molecule has 13 heavy (non-hydrogen) atoms. The summed E-state index contributed by atoms with van der Waals surface area (Å²) in [6, 6.07) is 8.13. The van der Waals surface area contributed by atoms with E-state index in [0.29, 0.717) is 5.92 Å². The largest absolute Gasteiger partial charge is 0.399 e. The molecule has 1 heterocycles. The molecule has 0 amide bonds. The van der Waals surface area contributed by atoms with Crippen LogP contribution >= 0.6 is 0 Å². The van der Waals surface area contributed by atoms with E-state index in [2.05, 4.69) is 12.1 Å². The minimum atomic E-state index is 0.696. The van der Waals surface area contributed by atoms with Crippen molar-refractivity contribution in [1.29, 1.82) is 0 Å². The summed E-state index contributed by atoms with van der Waals surface area (Å²) in [5, 5.41) is 0. The highest BCUT2D eigenvalue weighted by Crippen LogP contribution is 2.19. The summed E-state index contributed by atoms with van der Waals surface area (Å²) < 4.78 is 5.33. The van der Waals surface area contributed by atoms with E-state index in [-0.39, 0.29) is 0 Å². The molecule has 0 radical (unpaired) electrons. The van der Waals surface area contributed by atoms with Crippen molar-refractivity contribution in [2.24, 2.45) is 5.92 Å². The molecular formula is C11H15NO. The van der Waals surface area contributed by atoms with Gasteiger partial charge in [-0.25, -0.2) is 0 Å². The average Bonchev–Trinajstić information content (AvgIpc) is 2.57. The third-order valence-electron chi connectivity index (χ3n) is 2.50. The van der Waals surface area contributed by atoms with Crippen LogP contribution in [0.3, 0.4) is 0 Å². The fourth-order valence-electron chi connectivity index (χ4n) is 1.80. The molecule has 2 rings (SSSR count). The molecule has 0 aromatic heterocycles. The zero-order valence-corrected chi connectivity index (χ0v) is 7.70. The number of hydrogen-bond donors (Lipinski definition) is 1. The molecule has 1 aliphatic rings. The molecule has 2 nitrogen and oxygen atoms in total. The third kappa shape index (κ3) is 2.22. The van der Waals surface area contributed by atoms with E-state index in [0.717, 1.165) is 25.3 Å². The fourth-order valence-corrected chi connectivity index (χ4v) is 1.80. The first-order chi connectivity index (χ1) is 6.34. The summed E-state index contributed by atoms with van der Waals surface area (Å²) in [5.74, 6) is 0.696. The minimum Gasteiger partial charge on any atom is -0.399 e. The number of rotatable bonds is 2. The van der Waals surface area contributed by atoms with E-state index in [9.17, 15) is 0 Å². The van der Waals surface area contributed by atoms with Gasteiger partial charge in [0.2, 0.25) is 0 Å². The van der Waals surface area contributed by atoms with Gasteiger partial charge in [0.25, 0.3) is 0 Å². The van der Waals surface area contributed by atoms with Gasteiger partial charge in [-0.15, -0.1) is 0 Å². The Labute approximate surface area is 78.7 Å². The molecule has 2 heteroatoms. The van der Waals surface area contributed by atoms with Gasteiger partial charge in [0.1, 0.15) is 0 Å². The lowest BCUT2D eigenvalue weighted by molar-refractivity contribution is 0.186. The molecule has 1 aromatic rings. The quantitative estimate of drug-likeness (QED) is 0.700. The molecule has 0 saturated carbocycles. The van der Waals surface area contributed by atoms with Gasteiger partial charge < -0.3 is 10.5 Å². The van der Waals surface area contributed by atoms with Crippen LogP contribution in [0.4, 0.5) is 5.69 Å². The summed E-state index contributed by atoms with van der Waals surface area (Å²) in [4.78, 5) is 0. The van der Waals surface area contributed by atoms with E-state index >= 15 is 0 Å². The Hall–Kier alpha value is -1.02. The maximum absolute atomic E-state index is 5.70. The van der Waals surface area contributed by atoms with Crippen molar-refractivity contribution in [1.82, 2.24) is 0 Å². The summed E-state index contributed by atoms with van der Waals surface area (Å²) in [6.45, 7) is 1.84. The van der Waals surface area contributed by atoms with Crippen LogP contribution in [0.1, 0.15) is 12.0 Å². The van der Waals surface area contributed by atoms with Gasteiger partial charge in [-0.2, -0.15) is 0 Å². The topological polar surface area (TPSA) is 35.2 Å². The Morgan fingerprint density at radius 2 is 2.38 bits per heavy atom. The Morgan fingerprint density at radius 3 is 3.08 bits per heavy atom. The molecule has 1 unspecified atom stereocenters. The molecule has 1 saturated heterocycles. The van der Waals surface area contributed by atoms with Gasteiger partial charge >= 0.3 is 0 Å². The van der Waals surface area contributed by atoms with E-state index in [1.54, 1.807) is 0 Å². The van der Waals surface area contributed by atoms with Crippen molar-refractivity contribution in [3.05, 3.63) is 29.8 Å². The van der Waals surface area contributed by atoms with Crippen LogP contribution in [0.5, 0.6) is 0 Å². The van der Waals surface area contributed by atoms with Gasteiger partial charge in [-0.1, -0.05) is 12.1 Å². The highest BCUT2D eigenvalue weighted by Gasteiger charge is 2.15. The average molecular weight is 177 g/mol. The predicted molar refractivity (Wildman–Crippen MR) is 53.5 cm³/mol. The molecular weight excluding hydrogens is 162 g/mol. The van der Waals surface area contributed by atoms with Crippen molar-refractivity contribution in [2.75, 3.05) is 18.9 Å². The van der Waals surface area contributed by atoms with Crippen LogP contribution in [-0.2, 0) is 11.2 Å². The van der Waals surface area contributed by atoms with Crippen LogP contribution in [0, 0.1) is 5.92 Å². The second-order valence-electron chi connectivity index (χ2n) is 3.68. The Bertz CT molecular complexity index is 279. The third-order valence-corrected chi connectivity index (χ3v) is 2.50. The standard InChI is InChI=1S/C11H15NO/c12-11-3-1-2-9(7-11)6-10-4-5-13-8-10/h1-3,7,10H,4-6,8,12H2. The van der Waals surface area contributed by atoms with Crippen LogP contribution in [0.15, 0.2) is 24.3 Å². The molecule has 0 bridgehead atoms. The molecule has 70 valence electrons. The first-order valence-corrected chi connectivity index (χ1v) is 4.77. The van der Waals surface area contributed by atoms with Crippen LogP contribution in [0.25, 0.3) is 0 Å². The first kappa shape index (κ1) is 8.57. The molecule has 2 N–H and O–H groups in total. The van der Waals surface area contributed by atoms with Crippen molar-refractivity contribution in [3.63, 3.8) is 0 Å². The van der Waals surface area contributed by atoms with Gasteiger partial charge in [0.15, 0.2) is 0 Å². The normalized spacial score (nSPS) is 22.0. The molecule has 1 aromatic carbocycles. The summed E-state index contributed by atoms with van der Waals surface area (Å²) >= 11 is 0. The van der Waals surface area contributed by atoms with Crippen molar-refractivity contribution in [3.8, 4) is 0 Å². The highest BCUT2D eigenvalue weighted by atomic mass is 16.5. The lowest BCUT2D eigenvalue weighted by atomic mass is 9.99. The molecule has 1 fully saturated rings. The lowest BCUT2D eigenvalue weighted by Crippen LogP contribution is -2.03. The highest BCUT2D eigenvalue weighted by molar-refractivity contribution is 5.40. The number of nitrogen functional groups attached to an aromatic ring is 1. The lowest BCUT2D eigenvalue weighted by Gasteiger charge is -2.07. The summed E-state index contributed by atoms with van der Waals surface area (Å²) in [5.41, 5.74) is 7.89. The van der Waals surface area contributed by atoms with E-state index in [1.165, 1.54) is 12.0 Å². The van der Waals surface area contributed by atoms with Crippen molar-refractivity contribution in [2.45, 2.75) is 12.8 Å².